The van der Waals surface area contributed by atoms with Crippen LogP contribution in [0.4, 0.5) is 5.69 Å². The zero-order chi connectivity index (χ0) is 22.5. The van der Waals surface area contributed by atoms with Gasteiger partial charge in [0.25, 0.3) is 5.91 Å². The number of amidine groups is 1. The highest BCUT2D eigenvalue weighted by Crippen LogP contribution is 2.42. The average Bonchev–Trinajstić information content (AvgIpc) is 3.04. The highest BCUT2D eigenvalue weighted by Gasteiger charge is 2.32. The average molecular weight is 501 g/mol. The molecule has 1 N–H and O–H groups in total. The fraction of sp³-hybridized carbons (Fsp3) is 0.417. The summed E-state index contributed by atoms with van der Waals surface area (Å²) in [5.74, 6) is 0.687. The number of nitrogens with zero attached hydrogens (tertiary/aromatic N) is 3. The van der Waals surface area contributed by atoms with E-state index < -0.39 is 0 Å². The van der Waals surface area contributed by atoms with Gasteiger partial charge in [0.15, 0.2) is 12.4 Å². The lowest BCUT2D eigenvalue weighted by Crippen LogP contribution is -2.37. The van der Waals surface area contributed by atoms with Crippen molar-refractivity contribution < 1.29 is 14.3 Å². The van der Waals surface area contributed by atoms with E-state index in [-0.39, 0.29) is 53.1 Å². The number of hydrogen-bond donors (Lipinski definition) is 1. The van der Waals surface area contributed by atoms with Crippen LogP contribution in [0.2, 0.25) is 0 Å². The van der Waals surface area contributed by atoms with Crippen LogP contribution in [0.3, 0.4) is 0 Å². The zero-order valence-corrected chi connectivity index (χ0v) is 20.8. The van der Waals surface area contributed by atoms with Crippen LogP contribution < -0.4 is 9.64 Å². The molecule has 32 heavy (non-hydrogen) atoms. The molecule has 0 atom stereocenters. The summed E-state index contributed by atoms with van der Waals surface area (Å²) in [4.78, 5) is 33.3. The topological polar surface area (TPSA) is 86.6 Å². The van der Waals surface area contributed by atoms with Gasteiger partial charge in [-0.3, -0.25) is 15.0 Å². The highest BCUT2D eigenvalue weighted by molar-refractivity contribution is 8.93. The van der Waals surface area contributed by atoms with Gasteiger partial charge in [0.2, 0.25) is 0 Å². The Morgan fingerprint density at radius 1 is 1.25 bits per heavy atom. The van der Waals surface area contributed by atoms with Gasteiger partial charge in [-0.2, -0.15) is 0 Å². The largest absolute Gasteiger partial charge is 0.481 e. The van der Waals surface area contributed by atoms with Crippen molar-refractivity contribution in [1.29, 1.82) is 5.41 Å². The lowest BCUT2D eigenvalue weighted by Gasteiger charge is -2.32. The number of ketones is 1. The van der Waals surface area contributed by atoms with Crippen molar-refractivity contribution in [1.82, 2.24) is 9.88 Å². The summed E-state index contributed by atoms with van der Waals surface area (Å²) in [6.45, 7) is 8.77. The Morgan fingerprint density at radius 3 is 2.62 bits per heavy atom. The molecule has 3 heterocycles. The molecular formula is C24H29BrN4O3. The fourth-order valence-electron chi connectivity index (χ4n) is 3.99. The van der Waals surface area contributed by atoms with Crippen LogP contribution in [0.25, 0.3) is 0 Å². The van der Waals surface area contributed by atoms with Crippen LogP contribution in [-0.4, -0.2) is 47.6 Å². The smallest absolute Gasteiger partial charge is 0.264 e. The molecule has 1 aromatic carbocycles. The van der Waals surface area contributed by atoms with Crippen molar-refractivity contribution in [2.24, 2.45) is 0 Å². The molecule has 0 unspecified atom stereocenters. The minimum absolute atomic E-state index is 0. The Balaban J connectivity index is 0.00000289. The van der Waals surface area contributed by atoms with Crippen LogP contribution in [0.5, 0.6) is 5.75 Å². The minimum atomic E-state index is -0.265. The number of halogens is 1. The lowest BCUT2D eigenvalue weighted by molar-refractivity contribution is -0.121. The molecule has 0 saturated carbocycles. The van der Waals surface area contributed by atoms with E-state index in [0.717, 1.165) is 23.2 Å². The number of benzene rings is 1. The third kappa shape index (κ3) is 4.16. The third-order valence-corrected chi connectivity index (χ3v) is 5.91. The van der Waals surface area contributed by atoms with Gasteiger partial charge in [0.05, 0.1) is 12.2 Å². The van der Waals surface area contributed by atoms with Crippen molar-refractivity contribution in [3.8, 4) is 5.75 Å². The number of pyridine rings is 1. The summed E-state index contributed by atoms with van der Waals surface area (Å²) in [5.41, 5.74) is 4.32. The summed E-state index contributed by atoms with van der Waals surface area (Å²) < 4.78 is 5.76. The van der Waals surface area contributed by atoms with E-state index >= 15 is 0 Å². The van der Waals surface area contributed by atoms with Gasteiger partial charge < -0.3 is 14.5 Å². The van der Waals surface area contributed by atoms with E-state index in [1.54, 1.807) is 22.9 Å². The van der Waals surface area contributed by atoms with E-state index in [9.17, 15) is 9.59 Å². The lowest BCUT2D eigenvalue weighted by atomic mass is 9.84. The number of rotatable bonds is 4. The second kappa shape index (κ2) is 8.65. The van der Waals surface area contributed by atoms with Crippen molar-refractivity contribution >= 4 is 40.2 Å². The van der Waals surface area contributed by atoms with Crippen molar-refractivity contribution in [2.75, 3.05) is 25.1 Å². The molecular weight excluding hydrogens is 472 g/mol. The van der Waals surface area contributed by atoms with Crippen molar-refractivity contribution in [2.45, 2.75) is 46.1 Å². The van der Waals surface area contributed by atoms with Crippen molar-refractivity contribution in [3.63, 3.8) is 0 Å². The number of fused-ring (bicyclic) bond motifs is 2. The maximum absolute atomic E-state index is 13.3. The number of carbonyl (C=O) groups is 2. The van der Waals surface area contributed by atoms with E-state index in [1.807, 2.05) is 25.1 Å². The minimum Gasteiger partial charge on any atom is -0.481 e. The number of Topliss-reactive ketones (excluding diaryl/α,β-unsaturated/α-hetero) is 1. The predicted molar refractivity (Wildman–Crippen MR) is 130 cm³/mol. The summed E-state index contributed by atoms with van der Waals surface area (Å²) in [7, 11) is 1.70. The van der Waals surface area contributed by atoms with Crippen LogP contribution in [0.1, 0.15) is 60.6 Å². The number of aryl methyl sites for hydroxylation is 1. The molecule has 7 nitrogen and oxygen atoms in total. The molecule has 2 aliphatic rings. The number of anilines is 1. The molecule has 0 saturated heterocycles. The molecule has 2 aromatic rings. The monoisotopic (exact) mass is 500 g/mol. The molecule has 170 valence electrons. The van der Waals surface area contributed by atoms with Gasteiger partial charge in [-0.1, -0.05) is 33.8 Å². The Labute approximate surface area is 199 Å². The Bertz CT molecular complexity index is 1110. The quantitative estimate of drug-likeness (QED) is 0.643. The van der Waals surface area contributed by atoms with Crippen LogP contribution >= 0.6 is 17.0 Å². The first-order chi connectivity index (χ1) is 14.6. The van der Waals surface area contributed by atoms with Crippen LogP contribution in [0.15, 0.2) is 24.3 Å². The Hall–Kier alpha value is -2.74. The first kappa shape index (κ1) is 23.9. The summed E-state index contributed by atoms with van der Waals surface area (Å²) in [5, 5.41) is 8.51. The van der Waals surface area contributed by atoms with Gasteiger partial charge in [0, 0.05) is 36.0 Å². The molecule has 0 aliphatic carbocycles. The van der Waals surface area contributed by atoms with Gasteiger partial charge in [-0.05, 0) is 30.0 Å². The standard InChI is InChI=1S/C24H28N4O3.BrH/c1-6-16-8-7-14-11-28(23(25)21(14)26-16)12-19(29)15-9-17(24(2,3)4)22-18(10-15)27(5)20(30)13-31-22;/h7-10,25H,6,11-13H2,1-5H3;1H. The van der Waals surface area contributed by atoms with E-state index in [1.165, 1.54) is 0 Å². The maximum Gasteiger partial charge on any atom is 0.264 e. The number of likely N-dealkylation sites (N-methyl/N-ethyl adjacent to an activating group) is 1. The molecule has 0 spiro atoms. The second-order valence-electron chi connectivity index (χ2n) is 9.16. The molecule has 2 aliphatic heterocycles. The van der Waals surface area contributed by atoms with E-state index in [2.05, 4.69) is 25.8 Å². The molecule has 0 fully saturated rings. The molecule has 4 rings (SSSR count). The highest BCUT2D eigenvalue weighted by atomic mass is 79.9. The fourth-order valence-corrected chi connectivity index (χ4v) is 3.99. The van der Waals surface area contributed by atoms with Gasteiger partial charge in [-0.25, -0.2) is 4.98 Å². The predicted octanol–water partition coefficient (Wildman–Crippen LogP) is 3.90. The molecule has 8 heteroatoms. The Kier molecular flexibility index (Phi) is 6.47. The van der Waals surface area contributed by atoms with Crippen LogP contribution in [0, 0.1) is 5.41 Å². The zero-order valence-electron chi connectivity index (χ0n) is 19.1. The molecule has 0 bridgehead atoms. The number of nitrogens with one attached hydrogen (secondary N) is 1. The normalized spacial score (nSPS) is 15.2. The maximum atomic E-state index is 13.3. The molecule has 1 aromatic heterocycles. The number of hydrogen-bond acceptors (Lipinski definition) is 5. The first-order valence-corrected chi connectivity index (χ1v) is 10.5. The van der Waals surface area contributed by atoms with Gasteiger partial charge in [-0.15, -0.1) is 17.0 Å². The molecule has 1 amide bonds. The van der Waals surface area contributed by atoms with Gasteiger partial charge in [0.1, 0.15) is 17.3 Å². The SMILES string of the molecule is Br.CCc1ccc2c(n1)C(=N)N(CC(=O)c1cc3c(c(C(C)(C)C)c1)OCC(=O)N3C)C2. The van der Waals surface area contributed by atoms with E-state index in [0.29, 0.717) is 29.2 Å². The third-order valence-electron chi connectivity index (χ3n) is 5.91. The number of aromatic nitrogens is 1. The number of amides is 1. The summed E-state index contributed by atoms with van der Waals surface area (Å²) >= 11 is 0. The van der Waals surface area contributed by atoms with E-state index in [4.69, 9.17) is 10.1 Å². The van der Waals surface area contributed by atoms with Gasteiger partial charge >= 0.3 is 0 Å². The summed E-state index contributed by atoms with van der Waals surface area (Å²) in [6, 6.07) is 7.56. The van der Waals surface area contributed by atoms with Crippen LogP contribution in [-0.2, 0) is 23.2 Å². The second-order valence-corrected chi connectivity index (χ2v) is 9.16. The number of carbonyl (C=O) groups excluding carboxylic acids is 2. The number of ether oxygens (including phenoxy) is 1. The molecule has 0 radical (unpaired) electrons. The Morgan fingerprint density at radius 2 is 1.97 bits per heavy atom. The first-order valence-electron chi connectivity index (χ1n) is 10.5. The summed E-state index contributed by atoms with van der Waals surface area (Å²) in [6.07, 6.45) is 0.804. The van der Waals surface area contributed by atoms with Crippen molar-refractivity contribution in [3.05, 3.63) is 52.3 Å².